The van der Waals surface area contributed by atoms with Crippen molar-refractivity contribution in [1.29, 1.82) is 0 Å². The Hall–Kier alpha value is -2.96. The summed E-state index contributed by atoms with van der Waals surface area (Å²) in [6.07, 6.45) is 7.01. The van der Waals surface area contributed by atoms with Crippen molar-refractivity contribution in [2.45, 2.75) is 45.1 Å². The molecule has 0 saturated heterocycles. The van der Waals surface area contributed by atoms with Gasteiger partial charge < -0.3 is 16.0 Å². The van der Waals surface area contributed by atoms with E-state index in [9.17, 15) is 9.59 Å². The molecule has 1 aromatic carbocycles. The molecule has 0 bridgehead atoms. The molecule has 3 N–H and O–H groups in total. The highest BCUT2D eigenvalue weighted by Gasteiger charge is 2.17. The summed E-state index contributed by atoms with van der Waals surface area (Å²) < 4.78 is 0. The summed E-state index contributed by atoms with van der Waals surface area (Å²) in [7, 11) is 0. The van der Waals surface area contributed by atoms with Gasteiger partial charge in [0.25, 0.3) is 5.91 Å². The number of amides is 2. The monoisotopic (exact) mass is 353 g/mol. The van der Waals surface area contributed by atoms with Gasteiger partial charge in [-0.25, -0.2) is 9.97 Å². The largest absolute Gasteiger partial charge is 0.348 e. The average molecular weight is 353 g/mol. The molecule has 7 nitrogen and oxygen atoms in total. The normalized spacial score (nSPS) is 14.5. The highest BCUT2D eigenvalue weighted by atomic mass is 16.2. The van der Waals surface area contributed by atoms with Gasteiger partial charge in [0.15, 0.2) is 0 Å². The third-order valence-electron chi connectivity index (χ3n) is 4.32. The molecule has 0 atom stereocenters. The zero-order valence-corrected chi connectivity index (χ0v) is 14.8. The summed E-state index contributed by atoms with van der Waals surface area (Å²) in [5, 5.41) is 8.91. The van der Waals surface area contributed by atoms with Gasteiger partial charge in [-0.1, -0.05) is 19.3 Å². The third-order valence-corrected chi connectivity index (χ3v) is 4.32. The first-order chi connectivity index (χ1) is 12.6. The fourth-order valence-corrected chi connectivity index (χ4v) is 3.04. The lowest BCUT2D eigenvalue weighted by Crippen LogP contribution is -2.36. The van der Waals surface area contributed by atoms with Crippen LogP contribution in [0.4, 0.5) is 17.2 Å². The fourth-order valence-electron chi connectivity index (χ4n) is 3.04. The lowest BCUT2D eigenvalue weighted by Gasteiger charge is -2.22. The summed E-state index contributed by atoms with van der Waals surface area (Å²) in [5.74, 6) is 0.263. The zero-order chi connectivity index (χ0) is 18.4. The van der Waals surface area contributed by atoms with Crippen LogP contribution < -0.4 is 16.0 Å². The smallest absolute Gasteiger partial charge is 0.270 e. The van der Waals surface area contributed by atoms with Crippen LogP contribution in [0.2, 0.25) is 0 Å². The Balaban J connectivity index is 1.63. The number of nitrogens with zero attached hydrogens (tertiary/aromatic N) is 2. The van der Waals surface area contributed by atoms with Crippen molar-refractivity contribution in [2.75, 3.05) is 10.6 Å². The number of carbonyl (C=O) groups is 2. The van der Waals surface area contributed by atoms with Gasteiger partial charge in [-0.3, -0.25) is 9.59 Å². The Labute approximate surface area is 152 Å². The van der Waals surface area contributed by atoms with E-state index in [2.05, 4.69) is 25.9 Å². The molecule has 136 valence electrons. The van der Waals surface area contributed by atoms with Crippen LogP contribution in [0.3, 0.4) is 0 Å². The van der Waals surface area contributed by atoms with E-state index in [0.717, 1.165) is 37.1 Å². The molecule has 1 saturated carbocycles. The molecular formula is C19H23N5O2. The molecular weight excluding hydrogens is 330 g/mol. The molecule has 26 heavy (non-hydrogen) atoms. The van der Waals surface area contributed by atoms with Crippen LogP contribution in [0.15, 0.2) is 36.7 Å². The van der Waals surface area contributed by atoms with Gasteiger partial charge in [0.1, 0.15) is 17.8 Å². The van der Waals surface area contributed by atoms with Crippen molar-refractivity contribution < 1.29 is 9.59 Å². The molecule has 1 heterocycles. The van der Waals surface area contributed by atoms with E-state index in [0.29, 0.717) is 11.5 Å². The molecule has 1 aliphatic rings. The predicted molar refractivity (Wildman–Crippen MR) is 100 cm³/mol. The highest BCUT2D eigenvalue weighted by Crippen LogP contribution is 2.19. The molecule has 0 radical (unpaired) electrons. The quantitative estimate of drug-likeness (QED) is 0.767. The van der Waals surface area contributed by atoms with Crippen LogP contribution in [0, 0.1) is 0 Å². The number of carbonyl (C=O) groups excluding carboxylic acids is 2. The summed E-state index contributed by atoms with van der Waals surface area (Å²) in [4.78, 5) is 31.7. The molecule has 1 fully saturated rings. The van der Waals surface area contributed by atoms with E-state index in [1.807, 2.05) is 12.1 Å². The predicted octanol–water partition coefficient (Wildman–Crippen LogP) is 3.24. The molecule has 0 aliphatic heterocycles. The minimum absolute atomic E-state index is 0.116. The van der Waals surface area contributed by atoms with E-state index < -0.39 is 0 Å². The number of hydrogen-bond acceptors (Lipinski definition) is 5. The van der Waals surface area contributed by atoms with Crippen molar-refractivity contribution in [2.24, 2.45) is 0 Å². The minimum atomic E-state index is -0.164. The second kappa shape index (κ2) is 8.42. The molecule has 2 amide bonds. The van der Waals surface area contributed by atoms with Gasteiger partial charge in [-0.15, -0.1) is 0 Å². The first-order valence-corrected chi connectivity index (χ1v) is 8.88. The van der Waals surface area contributed by atoms with Crippen LogP contribution in [-0.4, -0.2) is 27.8 Å². The lowest BCUT2D eigenvalue weighted by molar-refractivity contribution is -0.114. The molecule has 2 aromatic rings. The van der Waals surface area contributed by atoms with Crippen LogP contribution in [0.5, 0.6) is 0 Å². The van der Waals surface area contributed by atoms with Crippen LogP contribution in [0.25, 0.3) is 0 Å². The fraction of sp³-hybridized carbons (Fsp3) is 0.368. The maximum atomic E-state index is 12.4. The Morgan fingerprint density at radius 1 is 1.00 bits per heavy atom. The number of anilines is 3. The van der Waals surface area contributed by atoms with Crippen molar-refractivity contribution in [3.05, 3.63) is 42.4 Å². The maximum Gasteiger partial charge on any atom is 0.270 e. The van der Waals surface area contributed by atoms with E-state index in [1.54, 1.807) is 18.2 Å². The summed E-state index contributed by atoms with van der Waals surface area (Å²) in [6.45, 7) is 1.47. The van der Waals surface area contributed by atoms with Crippen LogP contribution >= 0.6 is 0 Å². The number of hydrogen-bond donors (Lipinski definition) is 3. The molecule has 3 rings (SSSR count). The maximum absolute atomic E-state index is 12.4. The lowest BCUT2D eigenvalue weighted by atomic mass is 9.95. The number of rotatable bonds is 5. The van der Waals surface area contributed by atoms with Gasteiger partial charge in [0.2, 0.25) is 5.91 Å². The van der Waals surface area contributed by atoms with Crippen molar-refractivity contribution in [3.8, 4) is 0 Å². The second-order valence-corrected chi connectivity index (χ2v) is 6.48. The van der Waals surface area contributed by atoms with Gasteiger partial charge >= 0.3 is 0 Å². The van der Waals surface area contributed by atoms with E-state index in [-0.39, 0.29) is 17.9 Å². The van der Waals surface area contributed by atoms with Gasteiger partial charge in [-0.05, 0) is 37.1 Å². The van der Waals surface area contributed by atoms with Gasteiger partial charge in [0.05, 0.1) is 0 Å². The van der Waals surface area contributed by atoms with E-state index >= 15 is 0 Å². The van der Waals surface area contributed by atoms with E-state index in [4.69, 9.17) is 0 Å². The summed E-state index contributed by atoms with van der Waals surface area (Å²) in [6, 6.07) is 9.12. The summed E-state index contributed by atoms with van der Waals surface area (Å²) >= 11 is 0. The van der Waals surface area contributed by atoms with Crippen molar-refractivity contribution in [3.63, 3.8) is 0 Å². The second-order valence-electron chi connectivity index (χ2n) is 6.48. The first kappa shape index (κ1) is 17.8. The molecule has 7 heteroatoms. The number of nitrogens with one attached hydrogen (secondary N) is 3. The topological polar surface area (TPSA) is 96.0 Å². The number of aromatic nitrogens is 2. The molecule has 0 spiro atoms. The number of benzene rings is 1. The average Bonchev–Trinajstić information content (AvgIpc) is 2.64. The van der Waals surface area contributed by atoms with Gasteiger partial charge in [-0.2, -0.15) is 0 Å². The first-order valence-electron chi connectivity index (χ1n) is 8.88. The Morgan fingerprint density at radius 2 is 1.69 bits per heavy atom. The Kier molecular flexibility index (Phi) is 5.78. The van der Waals surface area contributed by atoms with Crippen LogP contribution in [-0.2, 0) is 4.79 Å². The Bertz CT molecular complexity index is 770. The Morgan fingerprint density at radius 3 is 2.38 bits per heavy atom. The van der Waals surface area contributed by atoms with Crippen LogP contribution in [0.1, 0.15) is 49.5 Å². The van der Waals surface area contributed by atoms with Gasteiger partial charge in [0, 0.05) is 30.4 Å². The molecule has 0 unspecified atom stereocenters. The molecule has 1 aliphatic carbocycles. The van der Waals surface area contributed by atoms with Crippen molar-refractivity contribution >= 4 is 29.0 Å². The SMILES string of the molecule is CC(=O)Nc1ccc(Nc2cc(C(=O)NC3CCCCC3)ncn2)cc1. The van der Waals surface area contributed by atoms with Crippen molar-refractivity contribution in [1.82, 2.24) is 15.3 Å². The highest BCUT2D eigenvalue weighted by molar-refractivity contribution is 5.93. The van der Waals surface area contributed by atoms with E-state index in [1.165, 1.54) is 19.7 Å². The molecule has 1 aromatic heterocycles. The minimum Gasteiger partial charge on any atom is -0.348 e. The standard InChI is InChI=1S/C19H23N5O2/c1-13(25)22-15-7-9-16(10-8-15)23-18-11-17(20-12-21-18)19(26)24-14-5-3-2-4-6-14/h7-12,14H,2-6H2,1H3,(H,22,25)(H,24,26)(H,20,21,23). The third kappa shape index (κ3) is 5.02. The summed E-state index contributed by atoms with van der Waals surface area (Å²) in [5.41, 5.74) is 1.87. The zero-order valence-electron chi connectivity index (χ0n) is 14.8.